The van der Waals surface area contributed by atoms with Gasteiger partial charge >= 0.3 is 12.1 Å². The number of halogens is 5. The third-order valence-electron chi connectivity index (χ3n) is 8.42. The number of rotatable bonds is 6. The van der Waals surface area contributed by atoms with Crippen LogP contribution in [0, 0.1) is 17.2 Å². The highest BCUT2D eigenvalue weighted by atomic mass is 35.5. The van der Waals surface area contributed by atoms with Crippen LogP contribution in [0.1, 0.15) is 40.7 Å². The number of benzene rings is 2. The number of carbonyl (C=O) groups excluding carboxylic acids is 3. The summed E-state index contributed by atoms with van der Waals surface area (Å²) in [6, 6.07) is 12.8. The fourth-order valence-corrected chi connectivity index (χ4v) is 6.66. The van der Waals surface area contributed by atoms with Crippen LogP contribution in [0.25, 0.3) is 0 Å². The molecule has 0 N–H and O–H groups in total. The summed E-state index contributed by atoms with van der Waals surface area (Å²) in [5, 5.41) is 0.0202. The summed E-state index contributed by atoms with van der Waals surface area (Å²) < 4.78 is 60.0. The minimum atomic E-state index is -4.52. The number of aromatic nitrogens is 1. The Bertz CT molecular complexity index is 1540. The first kappa shape index (κ1) is 28.1. The average molecular weight is 602 g/mol. The minimum absolute atomic E-state index is 0.0202. The monoisotopic (exact) mass is 601 g/mol. The van der Waals surface area contributed by atoms with Gasteiger partial charge in [0.2, 0.25) is 5.91 Å². The van der Waals surface area contributed by atoms with E-state index < -0.39 is 59.4 Å². The van der Waals surface area contributed by atoms with Gasteiger partial charge in [0.1, 0.15) is 18.7 Å². The number of esters is 1. The van der Waals surface area contributed by atoms with E-state index in [2.05, 4.69) is 4.98 Å². The highest BCUT2D eigenvalue weighted by molar-refractivity contribution is 6.30. The number of amides is 2. The Morgan fingerprint density at radius 2 is 1.74 bits per heavy atom. The predicted octanol–water partition coefficient (Wildman–Crippen LogP) is 5.66. The van der Waals surface area contributed by atoms with Gasteiger partial charge in [0.05, 0.1) is 16.1 Å². The van der Waals surface area contributed by atoms with Gasteiger partial charge in [-0.05, 0) is 61.1 Å². The van der Waals surface area contributed by atoms with Crippen molar-refractivity contribution in [1.82, 2.24) is 9.88 Å². The van der Waals surface area contributed by atoms with E-state index in [9.17, 15) is 31.9 Å². The number of anilines is 1. The van der Waals surface area contributed by atoms with E-state index in [0.717, 1.165) is 23.1 Å². The molecule has 4 fully saturated rings. The number of alkyl halides is 3. The summed E-state index contributed by atoms with van der Waals surface area (Å²) in [6.45, 7) is -0.633. The second-order valence-electron chi connectivity index (χ2n) is 11.0. The summed E-state index contributed by atoms with van der Waals surface area (Å²) in [7, 11) is 0. The quantitative estimate of drug-likeness (QED) is 0.269. The summed E-state index contributed by atoms with van der Waals surface area (Å²) in [4.78, 5) is 46.8. The molecule has 2 bridgehead atoms. The molecule has 1 aromatic heterocycles. The largest absolute Gasteiger partial charge is 0.458 e. The lowest BCUT2D eigenvalue weighted by Crippen LogP contribution is -2.66. The van der Waals surface area contributed by atoms with Crippen molar-refractivity contribution in [1.29, 1.82) is 0 Å². The Balaban J connectivity index is 1.30. The third-order valence-corrected chi connectivity index (χ3v) is 8.63. The molecule has 4 aliphatic rings. The Morgan fingerprint density at radius 1 is 1.05 bits per heavy atom. The number of ether oxygens (including phenoxy) is 1. The molecule has 3 saturated carbocycles. The molecule has 218 valence electrons. The molecule has 2 amide bonds. The third kappa shape index (κ3) is 4.99. The van der Waals surface area contributed by atoms with Crippen LogP contribution in [0.2, 0.25) is 5.02 Å². The summed E-state index contributed by atoms with van der Waals surface area (Å²) in [5.41, 5.74) is -0.819. The lowest BCUT2D eigenvalue weighted by Gasteiger charge is -2.51. The Hall–Kier alpha value is -3.99. The van der Waals surface area contributed by atoms with Crippen molar-refractivity contribution < 1.29 is 36.7 Å². The molecule has 0 radical (unpaired) electrons. The van der Waals surface area contributed by atoms with Crippen molar-refractivity contribution in [3.05, 3.63) is 94.4 Å². The molecule has 3 aromatic rings. The van der Waals surface area contributed by atoms with Crippen molar-refractivity contribution in [3.63, 3.8) is 0 Å². The van der Waals surface area contributed by atoms with Crippen LogP contribution >= 0.6 is 11.6 Å². The molecule has 2 heterocycles. The van der Waals surface area contributed by atoms with E-state index in [1.54, 1.807) is 30.3 Å². The standard InChI is InChI=1S/C30H24ClF4N3O4/c31-21-10-22(32)26(36-14-21)38-16-24(39)37(15-17-6-8-20(9-7-17)30(33,34)35)25(27(38)40)29-11-19(12-29)23(13-29)42-28(41)18-4-2-1-3-5-18/h1-10,14,19,23,25H,11-13,15-16H2/t19?,23-,25?,29?/m0/s1. The number of pyridine rings is 1. The van der Waals surface area contributed by atoms with Crippen molar-refractivity contribution in [2.24, 2.45) is 11.3 Å². The highest BCUT2D eigenvalue weighted by Crippen LogP contribution is 2.63. The summed E-state index contributed by atoms with van der Waals surface area (Å²) in [6.07, 6.45) is -2.57. The normalized spacial score (nSPS) is 25.4. The number of hydrogen-bond donors (Lipinski definition) is 0. The van der Waals surface area contributed by atoms with E-state index in [1.165, 1.54) is 23.2 Å². The molecule has 42 heavy (non-hydrogen) atoms. The number of fused-ring (bicyclic) bond motifs is 1. The van der Waals surface area contributed by atoms with E-state index in [1.807, 2.05) is 0 Å². The Kier molecular flexibility index (Phi) is 6.95. The number of hydrogen-bond acceptors (Lipinski definition) is 5. The molecule has 1 unspecified atom stereocenters. The molecule has 7 nitrogen and oxygen atoms in total. The smallest absolute Gasteiger partial charge is 0.416 e. The van der Waals surface area contributed by atoms with Crippen LogP contribution in [-0.4, -0.2) is 46.4 Å². The van der Waals surface area contributed by atoms with Crippen LogP contribution < -0.4 is 4.90 Å². The lowest BCUT2D eigenvalue weighted by atomic mass is 9.63. The second kappa shape index (κ2) is 10.4. The first-order valence-electron chi connectivity index (χ1n) is 13.3. The molecule has 7 rings (SSSR count). The van der Waals surface area contributed by atoms with Gasteiger partial charge in [-0.2, -0.15) is 13.2 Å². The van der Waals surface area contributed by atoms with Crippen molar-refractivity contribution in [3.8, 4) is 0 Å². The molecule has 1 aliphatic heterocycles. The zero-order valence-corrected chi connectivity index (χ0v) is 22.7. The van der Waals surface area contributed by atoms with Crippen LogP contribution in [0.15, 0.2) is 66.9 Å². The molecular formula is C30H24ClF4N3O4. The fourth-order valence-electron chi connectivity index (χ4n) is 6.52. The van der Waals surface area contributed by atoms with Crippen LogP contribution in [0.5, 0.6) is 0 Å². The maximum absolute atomic E-state index is 14.9. The Morgan fingerprint density at radius 3 is 2.38 bits per heavy atom. The fraction of sp³-hybridized carbons (Fsp3) is 0.333. The zero-order chi connectivity index (χ0) is 29.8. The van der Waals surface area contributed by atoms with E-state index in [0.29, 0.717) is 30.4 Å². The molecule has 12 heteroatoms. The van der Waals surface area contributed by atoms with Crippen molar-refractivity contribution in [2.45, 2.75) is 44.1 Å². The maximum atomic E-state index is 14.9. The second-order valence-corrected chi connectivity index (χ2v) is 11.5. The Labute approximate surface area is 243 Å². The van der Waals surface area contributed by atoms with Gasteiger partial charge in [-0.1, -0.05) is 41.9 Å². The van der Waals surface area contributed by atoms with Crippen LogP contribution in [0.4, 0.5) is 23.4 Å². The molecular weight excluding hydrogens is 578 g/mol. The van der Waals surface area contributed by atoms with Crippen molar-refractivity contribution >= 4 is 35.2 Å². The van der Waals surface area contributed by atoms with Crippen LogP contribution in [-0.2, 0) is 27.0 Å². The molecule has 2 aromatic carbocycles. The number of carbonyl (C=O) groups is 3. The summed E-state index contributed by atoms with van der Waals surface area (Å²) >= 11 is 5.84. The minimum Gasteiger partial charge on any atom is -0.458 e. The lowest BCUT2D eigenvalue weighted by molar-refractivity contribution is -0.152. The molecule has 0 spiro atoms. The van der Waals surface area contributed by atoms with Crippen LogP contribution in [0.3, 0.4) is 0 Å². The van der Waals surface area contributed by atoms with E-state index >= 15 is 0 Å². The SMILES string of the molecule is O=C(O[C@H]1CC2(C3C(=O)N(c4ncc(Cl)cc4F)CC(=O)N3Cc3ccc(C(F)(F)F)cc3)CC1C2)c1ccccc1. The maximum Gasteiger partial charge on any atom is 0.416 e. The van der Waals surface area contributed by atoms with Gasteiger partial charge in [-0.15, -0.1) is 0 Å². The van der Waals surface area contributed by atoms with Crippen molar-refractivity contribution in [2.75, 3.05) is 11.4 Å². The van der Waals surface area contributed by atoms with E-state index in [4.69, 9.17) is 16.3 Å². The first-order valence-corrected chi connectivity index (χ1v) is 13.7. The molecule has 2 atom stereocenters. The van der Waals surface area contributed by atoms with Gasteiger partial charge in [-0.25, -0.2) is 14.2 Å². The number of nitrogens with zero attached hydrogens (tertiary/aromatic N) is 3. The van der Waals surface area contributed by atoms with E-state index in [-0.39, 0.29) is 23.3 Å². The average Bonchev–Trinajstić information content (AvgIpc) is 3.46. The number of piperazine rings is 1. The van der Waals surface area contributed by atoms with Gasteiger partial charge in [0, 0.05) is 18.2 Å². The predicted molar refractivity (Wildman–Crippen MR) is 143 cm³/mol. The van der Waals surface area contributed by atoms with Gasteiger partial charge in [0.25, 0.3) is 5.91 Å². The first-order chi connectivity index (χ1) is 19.9. The molecule has 3 aliphatic carbocycles. The molecule has 1 saturated heterocycles. The topological polar surface area (TPSA) is 79.8 Å². The van der Waals surface area contributed by atoms with Gasteiger partial charge < -0.3 is 9.64 Å². The summed E-state index contributed by atoms with van der Waals surface area (Å²) in [5.74, 6) is -2.82. The zero-order valence-electron chi connectivity index (χ0n) is 22.0. The van der Waals surface area contributed by atoms with Gasteiger partial charge in [0.15, 0.2) is 11.6 Å². The van der Waals surface area contributed by atoms with Gasteiger partial charge in [-0.3, -0.25) is 14.5 Å². The highest BCUT2D eigenvalue weighted by Gasteiger charge is 2.66.